The molecular formula is C3H5IN2O. The highest BCUT2D eigenvalue weighted by atomic mass is 127. The quantitative estimate of drug-likeness (QED) is 0.460. The van der Waals surface area contributed by atoms with Crippen molar-refractivity contribution in [1.82, 2.24) is 3.64 Å². The second-order valence-corrected chi connectivity index (χ2v) is 3.45. The van der Waals surface area contributed by atoms with E-state index in [1.165, 1.54) is 0 Å². The van der Waals surface area contributed by atoms with Crippen molar-refractivity contribution in [3.63, 3.8) is 0 Å². The summed E-state index contributed by atoms with van der Waals surface area (Å²) in [7, 11) is 0. The van der Waals surface area contributed by atoms with Gasteiger partial charge < -0.3 is 5.11 Å². The van der Waals surface area contributed by atoms with Crippen molar-refractivity contribution < 1.29 is 5.11 Å². The Morgan fingerprint density at radius 3 is 3.14 bits per heavy atom. The van der Waals surface area contributed by atoms with E-state index in [-0.39, 0.29) is 27.6 Å². The molecule has 7 heavy (non-hydrogen) atoms. The lowest BCUT2D eigenvalue weighted by Gasteiger charge is -1.79. The number of hydrogen-bond acceptors (Lipinski definition) is 3. The molecule has 1 heterocycles. The van der Waals surface area contributed by atoms with Gasteiger partial charge in [0.15, 0.2) is 0 Å². The molecule has 0 aromatic rings. The molecule has 40 valence electrons. The van der Waals surface area contributed by atoms with Crippen molar-refractivity contribution in [2.75, 3.05) is 6.61 Å². The Labute approximate surface area is 51.5 Å². The van der Waals surface area contributed by atoms with Gasteiger partial charge in [0, 0.05) is 24.5 Å². The van der Waals surface area contributed by atoms with Crippen LogP contribution in [0.2, 0.25) is 0 Å². The molecule has 3 nitrogen and oxygen atoms in total. The molecule has 0 spiro atoms. The van der Waals surface area contributed by atoms with Gasteiger partial charge in [0.2, 0.25) is 0 Å². The summed E-state index contributed by atoms with van der Waals surface area (Å²) >= 11 is -0.129. The van der Waals surface area contributed by atoms with E-state index >= 15 is 0 Å². The minimum absolute atomic E-state index is 0.129. The summed E-state index contributed by atoms with van der Waals surface area (Å²) in [5.74, 6) is 0. The Balaban J connectivity index is 2.52. The Hall–Kier alpha value is 0.0300. The molecule has 0 aromatic carbocycles. The van der Waals surface area contributed by atoms with E-state index in [1.54, 1.807) is 6.21 Å². The zero-order valence-electron chi connectivity index (χ0n) is 3.56. The highest BCUT2D eigenvalue weighted by Crippen LogP contribution is 1.96. The molecule has 2 N–H and O–H groups in total. The maximum absolute atomic E-state index is 8.43. The van der Waals surface area contributed by atoms with Crippen LogP contribution in [0.3, 0.4) is 0 Å². The zero-order chi connectivity index (χ0) is 5.11. The summed E-state index contributed by atoms with van der Waals surface area (Å²) in [5, 5.41) is 12.1. The van der Waals surface area contributed by atoms with Crippen LogP contribution in [0.25, 0.3) is 0 Å². The molecule has 0 aromatic heterocycles. The molecule has 0 saturated carbocycles. The second kappa shape index (κ2) is 2.37. The van der Waals surface area contributed by atoms with Gasteiger partial charge in [0.25, 0.3) is 0 Å². The third-order valence-corrected chi connectivity index (χ3v) is 2.40. The average molecular weight is 212 g/mol. The van der Waals surface area contributed by atoms with E-state index < -0.39 is 0 Å². The van der Waals surface area contributed by atoms with Crippen molar-refractivity contribution in [3.8, 4) is 0 Å². The molecule has 4 heteroatoms. The summed E-state index contributed by atoms with van der Waals surface area (Å²) in [5.41, 5.74) is 0. The van der Waals surface area contributed by atoms with Crippen LogP contribution in [-0.4, -0.2) is 21.4 Å². The van der Waals surface area contributed by atoms with Crippen molar-refractivity contribution in [2.24, 2.45) is 5.10 Å². The summed E-state index contributed by atoms with van der Waals surface area (Å²) in [6, 6.07) is 0. The smallest absolute Gasteiger partial charge is 0.0765 e. The SMILES string of the molecule is OCC1=INN=C1. The fourth-order valence-corrected chi connectivity index (χ4v) is 1.31. The molecule has 1 aliphatic heterocycles. The van der Waals surface area contributed by atoms with E-state index in [1.807, 2.05) is 0 Å². The molecule has 1 rings (SSSR count). The molecule has 0 unspecified atom stereocenters. The Kier molecular flexibility index (Phi) is 1.75. The lowest BCUT2D eigenvalue weighted by atomic mass is 10.5. The van der Waals surface area contributed by atoms with Gasteiger partial charge in [-0.3, -0.25) is 3.64 Å². The minimum atomic E-state index is -0.129. The fraction of sp³-hybridized carbons (Fsp3) is 0.333. The Morgan fingerprint density at radius 2 is 2.86 bits per heavy atom. The highest BCUT2D eigenvalue weighted by Gasteiger charge is 1.93. The number of halogens is 1. The van der Waals surface area contributed by atoms with Crippen molar-refractivity contribution in [1.29, 1.82) is 0 Å². The number of nitrogens with one attached hydrogen (secondary N) is 1. The molecular weight excluding hydrogens is 207 g/mol. The third kappa shape index (κ3) is 1.20. The number of aliphatic hydroxyl groups excluding tert-OH is 1. The van der Waals surface area contributed by atoms with Gasteiger partial charge in [0.05, 0.1) is 12.8 Å². The molecule has 0 bridgehead atoms. The molecule has 0 atom stereocenters. The van der Waals surface area contributed by atoms with Gasteiger partial charge in [0.1, 0.15) is 0 Å². The van der Waals surface area contributed by atoms with E-state index in [0.717, 1.165) is 3.51 Å². The lowest BCUT2D eigenvalue weighted by Crippen LogP contribution is -1.98. The van der Waals surface area contributed by atoms with Crippen molar-refractivity contribution >= 4 is 30.7 Å². The largest absolute Gasteiger partial charge is 0.391 e. The summed E-state index contributed by atoms with van der Waals surface area (Å²) in [4.78, 5) is 0. The van der Waals surface area contributed by atoms with Crippen LogP contribution in [0, 0.1) is 0 Å². The van der Waals surface area contributed by atoms with Crippen LogP contribution >= 0.6 is 21.0 Å². The van der Waals surface area contributed by atoms with Crippen molar-refractivity contribution in [2.45, 2.75) is 0 Å². The first-order valence-corrected chi connectivity index (χ1v) is 3.98. The maximum atomic E-state index is 8.43. The van der Waals surface area contributed by atoms with Gasteiger partial charge >= 0.3 is 0 Å². The Morgan fingerprint density at radius 1 is 2.00 bits per heavy atom. The standard InChI is InChI=1S/C3H5IN2O/c7-2-3-1-5-6-4-3/h1,6-7H,2H2. The first-order valence-electron chi connectivity index (χ1n) is 1.82. The number of hydrogen-bond donors (Lipinski definition) is 2. The monoisotopic (exact) mass is 212 g/mol. The number of aliphatic hydroxyl groups is 1. The highest BCUT2D eigenvalue weighted by molar-refractivity contribution is 14.2. The molecule has 0 aliphatic carbocycles. The predicted octanol–water partition coefficient (Wildman–Crippen LogP) is -0.374. The molecule has 0 amide bonds. The molecule has 0 radical (unpaired) electrons. The van der Waals surface area contributed by atoms with E-state index in [4.69, 9.17) is 5.11 Å². The van der Waals surface area contributed by atoms with Crippen LogP contribution in [-0.2, 0) is 0 Å². The maximum Gasteiger partial charge on any atom is 0.0765 e. The van der Waals surface area contributed by atoms with Crippen LogP contribution < -0.4 is 3.64 Å². The second-order valence-electron chi connectivity index (χ2n) is 1.04. The number of rotatable bonds is 1. The normalized spacial score (nSPS) is 17.6. The summed E-state index contributed by atoms with van der Waals surface area (Å²) in [6.45, 7) is 0.170. The van der Waals surface area contributed by atoms with Crippen LogP contribution in [0.15, 0.2) is 5.10 Å². The zero-order valence-corrected chi connectivity index (χ0v) is 5.71. The first-order chi connectivity index (χ1) is 3.43. The first kappa shape index (κ1) is 5.17. The Bertz CT molecular complexity index is 120. The van der Waals surface area contributed by atoms with Gasteiger partial charge in [-0.25, -0.2) is 0 Å². The third-order valence-electron chi connectivity index (χ3n) is 0.568. The average Bonchev–Trinajstić information content (AvgIpc) is 2.14. The summed E-state index contributed by atoms with van der Waals surface area (Å²) in [6.07, 6.45) is 1.69. The van der Waals surface area contributed by atoms with E-state index in [9.17, 15) is 0 Å². The van der Waals surface area contributed by atoms with Crippen molar-refractivity contribution in [3.05, 3.63) is 0 Å². The predicted molar refractivity (Wildman–Crippen MR) is 37.7 cm³/mol. The van der Waals surface area contributed by atoms with E-state index in [0.29, 0.717) is 0 Å². The lowest BCUT2D eigenvalue weighted by molar-refractivity contribution is 0.362. The van der Waals surface area contributed by atoms with Crippen LogP contribution in [0.1, 0.15) is 0 Å². The molecule has 0 fully saturated rings. The van der Waals surface area contributed by atoms with Crippen LogP contribution in [0.5, 0.6) is 0 Å². The number of nitrogens with zero attached hydrogens (tertiary/aromatic N) is 1. The summed E-state index contributed by atoms with van der Waals surface area (Å²) < 4.78 is 3.86. The van der Waals surface area contributed by atoms with Gasteiger partial charge in [-0.15, -0.1) is 0 Å². The van der Waals surface area contributed by atoms with Gasteiger partial charge in [-0.05, 0) is 0 Å². The molecule has 0 saturated heterocycles. The van der Waals surface area contributed by atoms with Gasteiger partial charge in [-0.1, -0.05) is 0 Å². The molecule has 1 aliphatic rings. The topological polar surface area (TPSA) is 44.6 Å². The van der Waals surface area contributed by atoms with Crippen LogP contribution in [0.4, 0.5) is 0 Å². The minimum Gasteiger partial charge on any atom is -0.391 e. The van der Waals surface area contributed by atoms with Gasteiger partial charge in [-0.2, -0.15) is 5.10 Å². The fourth-order valence-electron chi connectivity index (χ4n) is 0.268. The van der Waals surface area contributed by atoms with E-state index in [2.05, 4.69) is 8.74 Å². The number of hydrazone groups is 1.